The fraction of sp³-hybridized carbons (Fsp3) is 0.625. The minimum Gasteiger partial charge on any atom is -0.314 e. The van der Waals surface area contributed by atoms with E-state index in [1.165, 1.54) is 24.8 Å². The molecule has 104 valence electrons. The Balaban J connectivity index is 1.71. The lowest BCUT2D eigenvalue weighted by Gasteiger charge is -2.20. The Bertz CT molecular complexity index is 450. The van der Waals surface area contributed by atoms with Gasteiger partial charge in [-0.25, -0.2) is 0 Å². The Morgan fingerprint density at radius 3 is 2.63 bits per heavy atom. The largest absolute Gasteiger partial charge is 0.314 e. The van der Waals surface area contributed by atoms with Crippen LogP contribution < -0.4 is 5.32 Å². The van der Waals surface area contributed by atoms with E-state index in [-0.39, 0.29) is 0 Å². The maximum absolute atomic E-state index is 6.31. The van der Waals surface area contributed by atoms with Crippen LogP contribution in [0, 0.1) is 17.8 Å². The minimum atomic E-state index is 0.582. The highest BCUT2D eigenvalue weighted by Gasteiger charge is 2.55. The first kappa shape index (κ1) is 13.7. The zero-order valence-corrected chi connectivity index (χ0v) is 12.8. The first-order chi connectivity index (χ1) is 9.20. The van der Waals surface area contributed by atoms with Crippen LogP contribution in [0.5, 0.6) is 0 Å². The molecular weight excluding hydrogens is 277 g/mol. The number of halogens is 2. The Hall–Kier alpha value is -0.240. The number of hydrogen-bond donors (Lipinski definition) is 1. The van der Waals surface area contributed by atoms with Gasteiger partial charge in [0.25, 0.3) is 0 Å². The summed E-state index contributed by atoms with van der Waals surface area (Å²) in [6.45, 7) is 3.22. The van der Waals surface area contributed by atoms with Gasteiger partial charge in [-0.05, 0) is 61.3 Å². The molecule has 0 spiro atoms. The SMILES string of the molecule is CCNC(Cc1ccc(Cl)cc1Cl)C1C2CCCC21. The molecule has 1 aromatic carbocycles. The quantitative estimate of drug-likeness (QED) is 0.840. The summed E-state index contributed by atoms with van der Waals surface area (Å²) in [6, 6.07) is 6.46. The van der Waals surface area contributed by atoms with Gasteiger partial charge in [0.15, 0.2) is 0 Å². The molecule has 19 heavy (non-hydrogen) atoms. The van der Waals surface area contributed by atoms with Crippen molar-refractivity contribution in [1.82, 2.24) is 5.32 Å². The summed E-state index contributed by atoms with van der Waals surface area (Å²) in [4.78, 5) is 0. The van der Waals surface area contributed by atoms with Crippen molar-refractivity contribution in [1.29, 1.82) is 0 Å². The Labute approximate surface area is 125 Å². The van der Waals surface area contributed by atoms with Gasteiger partial charge in [0.05, 0.1) is 0 Å². The van der Waals surface area contributed by atoms with E-state index in [0.29, 0.717) is 6.04 Å². The van der Waals surface area contributed by atoms with E-state index in [0.717, 1.165) is 40.8 Å². The van der Waals surface area contributed by atoms with E-state index in [4.69, 9.17) is 23.2 Å². The second-order valence-electron chi connectivity index (χ2n) is 5.94. The van der Waals surface area contributed by atoms with Gasteiger partial charge in [-0.2, -0.15) is 0 Å². The smallest absolute Gasteiger partial charge is 0.0453 e. The molecule has 1 N–H and O–H groups in total. The van der Waals surface area contributed by atoms with Crippen LogP contribution in [0.3, 0.4) is 0 Å². The van der Waals surface area contributed by atoms with E-state index in [1.54, 1.807) is 0 Å². The molecule has 0 amide bonds. The van der Waals surface area contributed by atoms with Crippen LogP contribution >= 0.6 is 23.2 Å². The van der Waals surface area contributed by atoms with Crippen LogP contribution in [0.25, 0.3) is 0 Å². The molecule has 1 aromatic rings. The van der Waals surface area contributed by atoms with Gasteiger partial charge in [0.1, 0.15) is 0 Å². The van der Waals surface area contributed by atoms with Gasteiger partial charge in [-0.1, -0.05) is 42.6 Å². The molecule has 3 atom stereocenters. The monoisotopic (exact) mass is 297 g/mol. The molecular formula is C16H21Cl2N. The molecule has 3 rings (SSSR count). The van der Waals surface area contributed by atoms with E-state index >= 15 is 0 Å². The zero-order chi connectivity index (χ0) is 13.4. The number of likely N-dealkylation sites (N-methyl/N-ethyl adjacent to an activating group) is 1. The highest BCUT2D eigenvalue weighted by molar-refractivity contribution is 6.35. The molecule has 0 aliphatic heterocycles. The maximum Gasteiger partial charge on any atom is 0.0453 e. The van der Waals surface area contributed by atoms with Crippen molar-refractivity contribution in [2.45, 2.75) is 38.6 Å². The second-order valence-corrected chi connectivity index (χ2v) is 6.78. The molecule has 3 unspecified atom stereocenters. The van der Waals surface area contributed by atoms with Crippen molar-refractivity contribution >= 4 is 23.2 Å². The average molecular weight is 298 g/mol. The van der Waals surface area contributed by atoms with Gasteiger partial charge in [-0.3, -0.25) is 0 Å². The minimum absolute atomic E-state index is 0.582. The standard InChI is InChI=1S/C16H21Cl2N/c1-2-19-15(16-12-4-3-5-13(12)16)8-10-6-7-11(17)9-14(10)18/h6-7,9,12-13,15-16,19H,2-5,8H2,1H3. The average Bonchev–Trinajstić information content (AvgIpc) is 2.85. The molecule has 0 bridgehead atoms. The van der Waals surface area contributed by atoms with Crippen molar-refractivity contribution in [2.75, 3.05) is 6.54 Å². The van der Waals surface area contributed by atoms with Crippen molar-refractivity contribution in [3.63, 3.8) is 0 Å². The number of hydrogen-bond acceptors (Lipinski definition) is 1. The molecule has 2 fully saturated rings. The number of benzene rings is 1. The summed E-state index contributed by atoms with van der Waals surface area (Å²) in [7, 11) is 0. The first-order valence-electron chi connectivity index (χ1n) is 7.38. The predicted molar refractivity (Wildman–Crippen MR) is 82.0 cm³/mol. The van der Waals surface area contributed by atoms with Crippen LogP contribution in [0.15, 0.2) is 18.2 Å². The zero-order valence-electron chi connectivity index (χ0n) is 11.3. The highest BCUT2D eigenvalue weighted by Crippen LogP contribution is 2.59. The lowest BCUT2D eigenvalue weighted by Crippen LogP contribution is -2.34. The third kappa shape index (κ3) is 2.79. The first-order valence-corrected chi connectivity index (χ1v) is 8.13. The summed E-state index contributed by atoms with van der Waals surface area (Å²) < 4.78 is 0. The summed E-state index contributed by atoms with van der Waals surface area (Å²) in [5, 5.41) is 5.20. The van der Waals surface area contributed by atoms with E-state index in [9.17, 15) is 0 Å². The summed E-state index contributed by atoms with van der Waals surface area (Å²) >= 11 is 12.3. The molecule has 0 saturated heterocycles. The Kier molecular flexibility index (Phi) is 4.07. The van der Waals surface area contributed by atoms with Gasteiger partial charge in [0.2, 0.25) is 0 Å². The second kappa shape index (κ2) is 5.63. The van der Waals surface area contributed by atoms with Gasteiger partial charge >= 0.3 is 0 Å². The summed E-state index contributed by atoms with van der Waals surface area (Å²) in [5.41, 5.74) is 1.22. The van der Waals surface area contributed by atoms with Crippen LogP contribution in [-0.4, -0.2) is 12.6 Å². The fourth-order valence-electron chi connectivity index (χ4n) is 4.00. The van der Waals surface area contributed by atoms with E-state index in [1.807, 2.05) is 12.1 Å². The molecule has 3 heteroatoms. The molecule has 1 nitrogen and oxygen atoms in total. The molecule has 2 aliphatic carbocycles. The third-order valence-electron chi connectivity index (χ3n) is 4.86. The number of nitrogens with one attached hydrogen (secondary N) is 1. The van der Waals surface area contributed by atoms with Gasteiger partial charge < -0.3 is 5.32 Å². The maximum atomic E-state index is 6.31. The van der Waals surface area contributed by atoms with Crippen molar-refractivity contribution in [3.05, 3.63) is 33.8 Å². The summed E-state index contributed by atoms with van der Waals surface area (Å²) in [6.07, 6.45) is 5.34. The van der Waals surface area contributed by atoms with Crippen LogP contribution in [0.4, 0.5) is 0 Å². The van der Waals surface area contributed by atoms with Crippen LogP contribution in [0.1, 0.15) is 31.7 Å². The normalized spacial score (nSPS) is 30.2. The van der Waals surface area contributed by atoms with Crippen molar-refractivity contribution < 1.29 is 0 Å². The molecule has 0 radical (unpaired) electrons. The number of rotatable bonds is 5. The Morgan fingerprint density at radius 2 is 2.00 bits per heavy atom. The molecule has 2 aliphatic rings. The topological polar surface area (TPSA) is 12.0 Å². The van der Waals surface area contributed by atoms with Gasteiger partial charge in [0, 0.05) is 16.1 Å². The van der Waals surface area contributed by atoms with Crippen LogP contribution in [-0.2, 0) is 6.42 Å². The lowest BCUT2D eigenvalue weighted by molar-refractivity contribution is 0.411. The predicted octanol–water partition coefficient (Wildman–Crippen LogP) is 4.56. The highest BCUT2D eigenvalue weighted by atomic mass is 35.5. The van der Waals surface area contributed by atoms with Crippen molar-refractivity contribution in [2.24, 2.45) is 17.8 Å². The van der Waals surface area contributed by atoms with Crippen LogP contribution in [0.2, 0.25) is 10.0 Å². The number of fused-ring (bicyclic) bond motifs is 1. The van der Waals surface area contributed by atoms with Crippen molar-refractivity contribution in [3.8, 4) is 0 Å². The molecule has 0 aromatic heterocycles. The fourth-order valence-corrected chi connectivity index (χ4v) is 4.49. The Morgan fingerprint density at radius 1 is 1.26 bits per heavy atom. The third-order valence-corrected chi connectivity index (χ3v) is 5.45. The molecule has 2 saturated carbocycles. The summed E-state index contributed by atoms with van der Waals surface area (Å²) in [5.74, 6) is 2.84. The van der Waals surface area contributed by atoms with E-state index in [2.05, 4.69) is 18.3 Å². The molecule has 0 heterocycles. The van der Waals surface area contributed by atoms with E-state index < -0.39 is 0 Å². The lowest BCUT2D eigenvalue weighted by atomic mass is 9.97. The van der Waals surface area contributed by atoms with Gasteiger partial charge in [-0.15, -0.1) is 0 Å².